The van der Waals surface area contributed by atoms with Crippen LogP contribution in [0.4, 0.5) is 5.69 Å². The van der Waals surface area contributed by atoms with Crippen molar-refractivity contribution in [2.75, 3.05) is 57.4 Å². The van der Waals surface area contributed by atoms with E-state index in [2.05, 4.69) is 54.1 Å². The quantitative estimate of drug-likeness (QED) is 0.422. The largest absolute Gasteiger partial charge is 0.379 e. The monoisotopic (exact) mass is 507 g/mol. The lowest BCUT2D eigenvalue weighted by atomic mass is 10.1. The average Bonchev–Trinajstić information content (AvgIpc) is 3.51. The summed E-state index contributed by atoms with van der Waals surface area (Å²) in [6.45, 7) is 10.7. The molecule has 0 unspecified atom stereocenters. The molecule has 0 bridgehead atoms. The van der Waals surface area contributed by atoms with Gasteiger partial charge in [-0.15, -0.1) is 0 Å². The van der Waals surface area contributed by atoms with Gasteiger partial charge in [0, 0.05) is 64.0 Å². The van der Waals surface area contributed by atoms with E-state index < -0.39 is 0 Å². The first-order valence-electron chi connectivity index (χ1n) is 12.5. The van der Waals surface area contributed by atoms with Crippen LogP contribution < -0.4 is 4.90 Å². The first-order chi connectivity index (χ1) is 17.6. The van der Waals surface area contributed by atoms with Gasteiger partial charge in [-0.25, -0.2) is 9.97 Å². The van der Waals surface area contributed by atoms with Crippen LogP contribution in [0.1, 0.15) is 17.0 Å². The first kappa shape index (κ1) is 23.4. The lowest BCUT2D eigenvalue weighted by Gasteiger charge is -2.36. The molecule has 2 fully saturated rings. The molecule has 10 heteroatoms. The Bertz CT molecular complexity index is 1340. The molecule has 188 valence electrons. The van der Waals surface area contributed by atoms with Crippen molar-refractivity contribution < 1.29 is 9.26 Å². The third kappa shape index (κ3) is 4.97. The fraction of sp³-hybridized carbons (Fsp3) is 0.423. The maximum absolute atomic E-state index is 6.69. The molecule has 5 heterocycles. The fourth-order valence-electron chi connectivity index (χ4n) is 5.05. The number of anilines is 1. The highest BCUT2D eigenvalue weighted by molar-refractivity contribution is 6.34. The molecule has 1 N–H and O–H groups in total. The van der Waals surface area contributed by atoms with E-state index in [4.69, 9.17) is 25.8 Å². The van der Waals surface area contributed by atoms with E-state index in [1.807, 2.05) is 13.0 Å². The number of aromatic amines is 1. The third-order valence-electron chi connectivity index (χ3n) is 6.91. The summed E-state index contributed by atoms with van der Waals surface area (Å²) in [5.41, 5.74) is 5.83. The number of nitrogens with one attached hydrogen (secondary N) is 1. The van der Waals surface area contributed by atoms with Crippen molar-refractivity contribution in [3.05, 3.63) is 58.6 Å². The van der Waals surface area contributed by atoms with E-state index in [0.717, 1.165) is 99.6 Å². The van der Waals surface area contributed by atoms with Crippen LogP contribution in [0.2, 0.25) is 5.02 Å². The van der Waals surface area contributed by atoms with Gasteiger partial charge in [0.15, 0.2) is 5.65 Å². The van der Waals surface area contributed by atoms with Crippen molar-refractivity contribution >= 4 is 28.5 Å². The van der Waals surface area contributed by atoms with E-state index in [0.29, 0.717) is 10.7 Å². The number of nitrogens with zero attached hydrogens (tertiary/aromatic N) is 6. The molecule has 0 atom stereocenters. The van der Waals surface area contributed by atoms with Gasteiger partial charge in [0.2, 0.25) is 0 Å². The van der Waals surface area contributed by atoms with Crippen LogP contribution in [-0.4, -0.2) is 82.4 Å². The van der Waals surface area contributed by atoms with Gasteiger partial charge in [-0.2, -0.15) is 0 Å². The Kier molecular flexibility index (Phi) is 6.62. The number of hydrogen-bond donors (Lipinski definition) is 1. The number of piperazine rings is 1. The molecule has 0 amide bonds. The third-order valence-corrected chi connectivity index (χ3v) is 7.19. The zero-order valence-corrected chi connectivity index (χ0v) is 21.2. The van der Waals surface area contributed by atoms with Gasteiger partial charge in [-0.1, -0.05) is 35.0 Å². The van der Waals surface area contributed by atoms with Crippen LogP contribution in [0.3, 0.4) is 0 Å². The summed E-state index contributed by atoms with van der Waals surface area (Å²) < 4.78 is 10.7. The van der Waals surface area contributed by atoms with Crippen molar-refractivity contribution in [2.45, 2.75) is 20.0 Å². The number of halogens is 1. The Morgan fingerprint density at radius 3 is 2.58 bits per heavy atom. The number of pyridine rings is 1. The fourth-order valence-corrected chi connectivity index (χ4v) is 5.32. The Hall–Kier alpha value is -2.98. The highest BCUT2D eigenvalue weighted by Gasteiger charge is 2.24. The first-order valence-corrected chi connectivity index (χ1v) is 12.8. The SMILES string of the molecule is Cc1cc(CN2CCN(c3c(Cl)cnc4nc(-c5cccc(CN6CCOCC6)c5)[nH]c34)CC2)no1. The van der Waals surface area contributed by atoms with Crippen LogP contribution >= 0.6 is 11.6 Å². The van der Waals surface area contributed by atoms with Crippen LogP contribution in [0.25, 0.3) is 22.6 Å². The Labute approximate surface area is 215 Å². The minimum Gasteiger partial charge on any atom is -0.379 e. The van der Waals surface area contributed by atoms with Gasteiger partial charge in [-0.05, 0) is 18.6 Å². The maximum atomic E-state index is 6.69. The second kappa shape index (κ2) is 10.2. The summed E-state index contributed by atoms with van der Waals surface area (Å²) in [7, 11) is 0. The van der Waals surface area contributed by atoms with Crippen LogP contribution in [0.5, 0.6) is 0 Å². The van der Waals surface area contributed by atoms with Crippen molar-refractivity contribution in [2.24, 2.45) is 0 Å². The summed E-state index contributed by atoms with van der Waals surface area (Å²) in [4.78, 5) is 20.0. The van der Waals surface area contributed by atoms with Crippen molar-refractivity contribution in [3.63, 3.8) is 0 Å². The van der Waals surface area contributed by atoms with Gasteiger partial charge in [0.25, 0.3) is 0 Å². The number of morpholine rings is 1. The molecule has 2 aliphatic heterocycles. The molecule has 0 spiro atoms. The number of ether oxygens (including phenoxy) is 1. The minimum atomic E-state index is 0.638. The topological polar surface area (TPSA) is 86.5 Å². The number of rotatable bonds is 6. The molecule has 36 heavy (non-hydrogen) atoms. The van der Waals surface area contributed by atoms with Gasteiger partial charge in [0.05, 0.1) is 35.8 Å². The zero-order valence-electron chi connectivity index (χ0n) is 20.4. The molecule has 3 aromatic heterocycles. The second-order valence-electron chi connectivity index (χ2n) is 9.52. The van der Waals surface area contributed by atoms with E-state index >= 15 is 0 Å². The van der Waals surface area contributed by atoms with Gasteiger partial charge in [-0.3, -0.25) is 9.80 Å². The van der Waals surface area contributed by atoms with Gasteiger partial charge < -0.3 is 19.1 Å². The van der Waals surface area contributed by atoms with E-state index in [9.17, 15) is 0 Å². The molecule has 2 aliphatic rings. The Morgan fingerprint density at radius 2 is 1.81 bits per heavy atom. The highest BCUT2D eigenvalue weighted by Crippen LogP contribution is 2.34. The summed E-state index contributed by atoms with van der Waals surface area (Å²) >= 11 is 6.69. The number of hydrogen-bond acceptors (Lipinski definition) is 8. The van der Waals surface area contributed by atoms with Crippen molar-refractivity contribution in [3.8, 4) is 11.4 Å². The number of aryl methyl sites for hydroxylation is 1. The highest BCUT2D eigenvalue weighted by atomic mass is 35.5. The predicted octanol–water partition coefficient (Wildman–Crippen LogP) is 3.73. The maximum Gasteiger partial charge on any atom is 0.180 e. The van der Waals surface area contributed by atoms with Crippen LogP contribution in [-0.2, 0) is 17.8 Å². The minimum absolute atomic E-state index is 0.638. The number of H-pyrrole nitrogens is 1. The molecule has 1 aromatic carbocycles. The molecular weight excluding hydrogens is 478 g/mol. The molecule has 0 aliphatic carbocycles. The summed E-state index contributed by atoms with van der Waals surface area (Å²) in [5, 5.41) is 4.77. The summed E-state index contributed by atoms with van der Waals surface area (Å²) in [5.74, 6) is 1.65. The molecule has 0 radical (unpaired) electrons. The van der Waals surface area contributed by atoms with E-state index in [1.54, 1.807) is 6.20 Å². The predicted molar refractivity (Wildman–Crippen MR) is 139 cm³/mol. The molecule has 9 nitrogen and oxygen atoms in total. The molecule has 4 aromatic rings. The molecular formula is C26H30ClN7O2. The average molecular weight is 508 g/mol. The van der Waals surface area contributed by atoms with Crippen molar-refractivity contribution in [1.29, 1.82) is 0 Å². The normalized spacial score (nSPS) is 17.8. The number of imidazole rings is 1. The van der Waals surface area contributed by atoms with Crippen molar-refractivity contribution in [1.82, 2.24) is 29.9 Å². The molecule has 0 saturated carbocycles. The molecule has 6 rings (SSSR count). The Morgan fingerprint density at radius 1 is 1.00 bits per heavy atom. The lowest BCUT2D eigenvalue weighted by molar-refractivity contribution is 0.0342. The number of benzene rings is 1. The lowest BCUT2D eigenvalue weighted by Crippen LogP contribution is -2.46. The van der Waals surface area contributed by atoms with Crippen LogP contribution in [0, 0.1) is 6.92 Å². The van der Waals surface area contributed by atoms with Crippen LogP contribution in [0.15, 0.2) is 41.1 Å². The van der Waals surface area contributed by atoms with E-state index in [1.165, 1.54) is 5.56 Å². The standard InChI is InChI=1S/C26H30ClN7O2/c1-18-13-21(31-36-18)17-32-5-7-34(8-6-32)24-22(27)15-28-26-23(24)29-25(30-26)20-4-2-3-19(14-20)16-33-9-11-35-12-10-33/h2-4,13-15H,5-12,16-17H2,1H3,(H,28,29,30). The smallest absolute Gasteiger partial charge is 0.180 e. The zero-order chi connectivity index (χ0) is 24.5. The number of aromatic nitrogens is 4. The summed E-state index contributed by atoms with van der Waals surface area (Å²) in [6, 6.07) is 10.6. The Balaban J connectivity index is 1.21. The van der Waals surface area contributed by atoms with Gasteiger partial charge in [0.1, 0.15) is 17.1 Å². The second-order valence-corrected chi connectivity index (χ2v) is 9.93. The van der Waals surface area contributed by atoms with E-state index in [-0.39, 0.29) is 0 Å². The summed E-state index contributed by atoms with van der Waals surface area (Å²) in [6.07, 6.45) is 1.71. The number of fused-ring (bicyclic) bond motifs is 1. The van der Waals surface area contributed by atoms with Gasteiger partial charge >= 0.3 is 0 Å². The molecule has 2 saturated heterocycles.